The molecule has 76 valence electrons. The average Bonchev–Trinajstić information content (AvgIpc) is 2.03. The van der Waals surface area contributed by atoms with E-state index in [2.05, 4.69) is 0 Å². The van der Waals surface area contributed by atoms with Crippen molar-refractivity contribution in [2.75, 3.05) is 19.7 Å². The summed E-state index contributed by atoms with van der Waals surface area (Å²) >= 11 is 0. The molecule has 0 unspecified atom stereocenters. The molecule has 13 heavy (non-hydrogen) atoms. The summed E-state index contributed by atoms with van der Waals surface area (Å²) in [6, 6.07) is 0. The van der Waals surface area contributed by atoms with E-state index >= 15 is 0 Å². The van der Waals surface area contributed by atoms with Crippen molar-refractivity contribution in [3.8, 4) is 0 Å². The van der Waals surface area contributed by atoms with Crippen LogP contribution in [0.15, 0.2) is 12.2 Å². The highest BCUT2D eigenvalue weighted by Gasteiger charge is 2.14. The van der Waals surface area contributed by atoms with Gasteiger partial charge < -0.3 is 10.0 Å². The van der Waals surface area contributed by atoms with Gasteiger partial charge in [0, 0.05) is 6.54 Å². The Kier molecular flexibility index (Phi) is 6.05. The Morgan fingerprint density at radius 1 is 1.62 bits per heavy atom. The second-order valence-electron chi connectivity index (χ2n) is 2.40. The zero-order chi connectivity index (χ0) is 10.3. The lowest BCUT2D eigenvalue weighted by atomic mass is 10.4. The third-order valence-corrected chi connectivity index (χ3v) is 1.35. The van der Waals surface area contributed by atoms with Crippen LogP contribution in [0.3, 0.4) is 0 Å². The number of allylic oxidation sites excluding steroid dienone is 1. The van der Waals surface area contributed by atoms with Crippen molar-refractivity contribution in [3.63, 3.8) is 0 Å². The van der Waals surface area contributed by atoms with Gasteiger partial charge in [-0.2, -0.15) is 0 Å². The molecule has 0 aliphatic heterocycles. The highest BCUT2D eigenvalue weighted by atomic mass is 19.3. The third-order valence-electron chi connectivity index (χ3n) is 1.35. The monoisotopic (exact) mass is 193 g/mol. The molecule has 0 heterocycles. The fourth-order valence-electron chi connectivity index (χ4n) is 0.827. The Balaban J connectivity index is 4.14. The fourth-order valence-corrected chi connectivity index (χ4v) is 0.827. The Bertz CT molecular complexity index is 183. The van der Waals surface area contributed by atoms with Crippen LogP contribution in [0.25, 0.3) is 0 Å². The van der Waals surface area contributed by atoms with Crippen LogP contribution in [0.4, 0.5) is 8.78 Å². The Morgan fingerprint density at radius 2 is 2.23 bits per heavy atom. The number of aliphatic hydroxyl groups excluding tert-OH is 1. The summed E-state index contributed by atoms with van der Waals surface area (Å²) in [6.07, 6.45) is 0.0942. The van der Waals surface area contributed by atoms with Crippen molar-refractivity contribution in [1.29, 1.82) is 0 Å². The van der Waals surface area contributed by atoms with Crippen molar-refractivity contribution < 1.29 is 18.7 Å². The molecule has 0 aliphatic rings. The van der Waals surface area contributed by atoms with Gasteiger partial charge in [0.25, 0.3) is 6.43 Å². The predicted molar refractivity (Wildman–Crippen MR) is 44.5 cm³/mol. The first-order valence-corrected chi connectivity index (χ1v) is 3.92. The standard InChI is InChI=1S/C8H13F2NO2/c1-2-3-8(13)11(4-5-12)6-7(9)10/h2-3,7,12H,4-6H2,1H3/b3-2+. The molecule has 0 aromatic rings. The summed E-state index contributed by atoms with van der Waals surface area (Å²) in [5, 5.41) is 8.50. The van der Waals surface area contributed by atoms with Crippen molar-refractivity contribution >= 4 is 5.91 Å². The van der Waals surface area contributed by atoms with Crippen LogP contribution in [0, 0.1) is 0 Å². The molecule has 0 rings (SSSR count). The van der Waals surface area contributed by atoms with Gasteiger partial charge in [-0.05, 0) is 13.0 Å². The van der Waals surface area contributed by atoms with E-state index in [9.17, 15) is 13.6 Å². The number of carbonyl (C=O) groups excluding carboxylic acids is 1. The minimum atomic E-state index is -2.57. The van der Waals surface area contributed by atoms with Crippen molar-refractivity contribution in [2.24, 2.45) is 0 Å². The van der Waals surface area contributed by atoms with Gasteiger partial charge in [0.05, 0.1) is 13.2 Å². The molecule has 0 saturated heterocycles. The van der Waals surface area contributed by atoms with E-state index in [4.69, 9.17) is 5.11 Å². The van der Waals surface area contributed by atoms with Gasteiger partial charge in [0.1, 0.15) is 0 Å². The van der Waals surface area contributed by atoms with Gasteiger partial charge in [-0.3, -0.25) is 4.79 Å². The average molecular weight is 193 g/mol. The number of carbonyl (C=O) groups is 1. The second-order valence-corrected chi connectivity index (χ2v) is 2.40. The van der Waals surface area contributed by atoms with Crippen LogP contribution in [-0.4, -0.2) is 42.0 Å². The highest BCUT2D eigenvalue weighted by molar-refractivity contribution is 5.87. The summed E-state index contributed by atoms with van der Waals surface area (Å²) in [7, 11) is 0. The summed E-state index contributed by atoms with van der Waals surface area (Å²) in [5.74, 6) is -0.503. The lowest BCUT2D eigenvalue weighted by Gasteiger charge is -2.19. The summed E-state index contributed by atoms with van der Waals surface area (Å²) in [5.41, 5.74) is 0. The molecule has 0 aromatic heterocycles. The number of hydrogen-bond donors (Lipinski definition) is 1. The lowest BCUT2D eigenvalue weighted by Crippen LogP contribution is -2.36. The maximum absolute atomic E-state index is 11.9. The first kappa shape index (κ1) is 12.0. The SMILES string of the molecule is C/C=C/C(=O)N(CCO)CC(F)F. The topological polar surface area (TPSA) is 40.5 Å². The van der Waals surface area contributed by atoms with E-state index in [0.717, 1.165) is 4.90 Å². The zero-order valence-electron chi connectivity index (χ0n) is 7.41. The first-order chi connectivity index (χ1) is 6.11. The smallest absolute Gasteiger partial charge is 0.255 e. The van der Waals surface area contributed by atoms with E-state index in [-0.39, 0.29) is 13.2 Å². The molecule has 3 nitrogen and oxygen atoms in total. The van der Waals surface area contributed by atoms with Gasteiger partial charge in [-0.1, -0.05) is 6.08 Å². The number of amides is 1. The van der Waals surface area contributed by atoms with E-state index < -0.39 is 18.9 Å². The van der Waals surface area contributed by atoms with Gasteiger partial charge >= 0.3 is 0 Å². The number of halogens is 2. The Hall–Kier alpha value is -0.970. The summed E-state index contributed by atoms with van der Waals surface area (Å²) < 4.78 is 23.8. The van der Waals surface area contributed by atoms with Crippen LogP contribution < -0.4 is 0 Å². The van der Waals surface area contributed by atoms with E-state index in [1.807, 2.05) is 0 Å². The zero-order valence-corrected chi connectivity index (χ0v) is 7.41. The third kappa shape index (κ3) is 5.30. The molecule has 0 spiro atoms. The van der Waals surface area contributed by atoms with Crippen molar-refractivity contribution in [3.05, 3.63) is 12.2 Å². The van der Waals surface area contributed by atoms with Crippen LogP contribution >= 0.6 is 0 Å². The van der Waals surface area contributed by atoms with Gasteiger partial charge in [-0.15, -0.1) is 0 Å². The molecular weight excluding hydrogens is 180 g/mol. The molecular formula is C8H13F2NO2. The van der Waals surface area contributed by atoms with E-state index in [0.29, 0.717) is 0 Å². The normalized spacial score (nSPS) is 11.2. The first-order valence-electron chi connectivity index (χ1n) is 3.92. The number of hydrogen-bond acceptors (Lipinski definition) is 2. The second kappa shape index (κ2) is 6.54. The lowest BCUT2D eigenvalue weighted by molar-refractivity contribution is -0.128. The van der Waals surface area contributed by atoms with E-state index in [1.165, 1.54) is 12.2 Å². The molecule has 5 heteroatoms. The molecule has 0 bridgehead atoms. The summed E-state index contributed by atoms with van der Waals surface area (Å²) in [4.78, 5) is 12.0. The molecule has 1 N–H and O–H groups in total. The fraction of sp³-hybridized carbons (Fsp3) is 0.625. The molecule has 0 saturated carbocycles. The molecule has 1 amide bonds. The summed E-state index contributed by atoms with van der Waals surface area (Å²) in [6.45, 7) is 0.616. The van der Waals surface area contributed by atoms with Crippen molar-refractivity contribution in [2.45, 2.75) is 13.3 Å². The molecule has 0 aliphatic carbocycles. The largest absolute Gasteiger partial charge is 0.395 e. The maximum Gasteiger partial charge on any atom is 0.255 e. The predicted octanol–water partition coefficient (Wildman–Crippen LogP) is 0.649. The van der Waals surface area contributed by atoms with Gasteiger partial charge in [0.15, 0.2) is 0 Å². The molecule has 0 aromatic carbocycles. The Morgan fingerprint density at radius 3 is 2.62 bits per heavy atom. The highest BCUT2D eigenvalue weighted by Crippen LogP contribution is 1.99. The van der Waals surface area contributed by atoms with Crippen LogP contribution in [-0.2, 0) is 4.79 Å². The number of aliphatic hydroxyl groups is 1. The van der Waals surface area contributed by atoms with Crippen LogP contribution in [0.1, 0.15) is 6.92 Å². The van der Waals surface area contributed by atoms with Crippen LogP contribution in [0.2, 0.25) is 0 Å². The maximum atomic E-state index is 11.9. The Labute approximate surface area is 75.7 Å². The molecule has 0 fully saturated rings. The van der Waals surface area contributed by atoms with Gasteiger partial charge in [-0.25, -0.2) is 8.78 Å². The number of rotatable bonds is 5. The quantitative estimate of drug-likeness (QED) is 0.651. The molecule has 0 radical (unpaired) electrons. The number of alkyl halides is 2. The minimum absolute atomic E-state index is 0.0620. The van der Waals surface area contributed by atoms with Crippen LogP contribution in [0.5, 0.6) is 0 Å². The number of nitrogens with zero attached hydrogens (tertiary/aromatic N) is 1. The van der Waals surface area contributed by atoms with E-state index in [1.54, 1.807) is 6.92 Å². The van der Waals surface area contributed by atoms with Gasteiger partial charge in [0.2, 0.25) is 5.91 Å². The van der Waals surface area contributed by atoms with Crippen molar-refractivity contribution in [1.82, 2.24) is 4.90 Å². The molecule has 0 atom stereocenters. The minimum Gasteiger partial charge on any atom is -0.395 e.